The molecule has 0 saturated heterocycles. The fourth-order valence-corrected chi connectivity index (χ4v) is 1.97. The average molecular weight is 304 g/mol. The van der Waals surface area contributed by atoms with Crippen molar-refractivity contribution < 1.29 is 19.1 Å². The Kier molecular flexibility index (Phi) is 4.40. The predicted molar refractivity (Wildman–Crippen MR) is 84.1 cm³/mol. The van der Waals surface area contributed by atoms with Gasteiger partial charge < -0.3 is 14.8 Å². The molecule has 2 aromatic rings. The normalized spacial score (nSPS) is 11.3. The summed E-state index contributed by atoms with van der Waals surface area (Å²) in [6.07, 6.45) is 1.25. The quantitative estimate of drug-likeness (QED) is 0.883. The SMILES string of the molecule is COC(=O)CNc1ccc2c(ccn2C(=O)OC(C)(C)C)c1. The summed E-state index contributed by atoms with van der Waals surface area (Å²) in [7, 11) is 1.34. The number of esters is 1. The summed E-state index contributed by atoms with van der Waals surface area (Å²) >= 11 is 0. The Morgan fingerprint density at radius 1 is 1.23 bits per heavy atom. The number of rotatable bonds is 3. The topological polar surface area (TPSA) is 69.6 Å². The number of benzene rings is 1. The third kappa shape index (κ3) is 3.78. The Morgan fingerprint density at radius 3 is 2.59 bits per heavy atom. The largest absolute Gasteiger partial charge is 0.468 e. The van der Waals surface area contributed by atoms with Gasteiger partial charge in [0.1, 0.15) is 12.1 Å². The molecular formula is C16H20N2O4. The van der Waals surface area contributed by atoms with Crippen molar-refractivity contribution in [2.45, 2.75) is 26.4 Å². The molecule has 1 aromatic carbocycles. The molecule has 0 radical (unpaired) electrons. The first-order valence-electron chi connectivity index (χ1n) is 6.95. The highest BCUT2D eigenvalue weighted by atomic mass is 16.6. The molecule has 0 fully saturated rings. The molecule has 0 aliphatic carbocycles. The molecule has 0 atom stereocenters. The van der Waals surface area contributed by atoms with Gasteiger partial charge in [-0.3, -0.25) is 9.36 Å². The van der Waals surface area contributed by atoms with Crippen LogP contribution in [0, 0.1) is 0 Å². The lowest BCUT2D eigenvalue weighted by Crippen LogP contribution is -2.26. The van der Waals surface area contributed by atoms with Gasteiger partial charge in [-0.05, 0) is 45.0 Å². The molecule has 1 heterocycles. The van der Waals surface area contributed by atoms with Crippen molar-refractivity contribution in [1.29, 1.82) is 0 Å². The highest BCUT2D eigenvalue weighted by Crippen LogP contribution is 2.21. The molecule has 6 heteroatoms. The van der Waals surface area contributed by atoms with E-state index in [0.29, 0.717) is 0 Å². The number of fused-ring (bicyclic) bond motifs is 1. The van der Waals surface area contributed by atoms with Gasteiger partial charge in [0.25, 0.3) is 0 Å². The molecule has 2 rings (SSSR count). The van der Waals surface area contributed by atoms with Crippen molar-refractivity contribution in [2.75, 3.05) is 19.0 Å². The first-order valence-corrected chi connectivity index (χ1v) is 6.95. The van der Waals surface area contributed by atoms with Crippen molar-refractivity contribution in [1.82, 2.24) is 4.57 Å². The van der Waals surface area contributed by atoms with E-state index in [1.807, 2.05) is 32.9 Å². The summed E-state index contributed by atoms with van der Waals surface area (Å²) in [6, 6.07) is 7.28. The second-order valence-corrected chi connectivity index (χ2v) is 5.87. The molecular weight excluding hydrogens is 284 g/mol. The average Bonchev–Trinajstić information content (AvgIpc) is 2.86. The summed E-state index contributed by atoms with van der Waals surface area (Å²) in [4.78, 5) is 23.3. The van der Waals surface area contributed by atoms with Crippen LogP contribution in [0.1, 0.15) is 20.8 Å². The number of carbonyl (C=O) groups is 2. The van der Waals surface area contributed by atoms with Crippen LogP contribution in [0.15, 0.2) is 30.5 Å². The van der Waals surface area contributed by atoms with Crippen molar-refractivity contribution in [3.05, 3.63) is 30.5 Å². The number of carbonyl (C=O) groups excluding carboxylic acids is 2. The number of hydrogen-bond donors (Lipinski definition) is 1. The molecule has 0 spiro atoms. The number of nitrogens with zero attached hydrogens (tertiary/aromatic N) is 1. The number of ether oxygens (including phenoxy) is 2. The minimum Gasteiger partial charge on any atom is -0.468 e. The van der Waals surface area contributed by atoms with Crippen molar-refractivity contribution in [3.63, 3.8) is 0 Å². The fourth-order valence-electron chi connectivity index (χ4n) is 1.97. The van der Waals surface area contributed by atoms with E-state index in [2.05, 4.69) is 10.1 Å². The highest BCUT2D eigenvalue weighted by molar-refractivity contribution is 5.91. The zero-order valence-electron chi connectivity index (χ0n) is 13.2. The number of aromatic nitrogens is 1. The van der Waals surface area contributed by atoms with Gasteiger partial charge in [-0.15, -0.1) is 0 Å². The maximum atomic E-state index is 12.1. The second kappa shape index (κ2) is 6.09. The van der Waals surface area contributed by atoms with E-state index in [-0.39, 0.29) is 12.5 Å². The van der Waals surface area contributed by atoms with Crippen molar-refractivity contribution in [2.24, 2.45) is 0 Å². The first-order chi connectivity index (χ1) is 10.3. The van der Waals surface area contributed by atoms with Gasteiger partial charge in [-0.2, -0.15) is 0 Å². The summed E-state index contributed by atoms with van der Waals surface area (Å²) in [5, 5.41) is 3.84. The van der Waals surface area contributed by atoms with Crippen LogP contribution in [0.4, 0.5) is 10.5 Å². The van der Waals surface area contributed by atoms with Crippen LogP contribution >= 0.6 is 0 Å². The minimum atomic E-state index is -0.546. The van der Waals surface area contributed by atoms with Crippen LogP contribution in [0.5, 0.6) is 0 Å². The zero-order chi connectivity index (χ0) is 16.3. The monoisotopic (exact) mass is 304 g/mol. The van der Waals surface area contributed by atoms with Gasteiger partial charge in [0.15, 0.2) is 0 Å². The van der Waals surface area contributed by atoms with E-state index >= 15 is 0 Å². The van der Waals surface area contributed by atoms with E-state index in [1.54, 1.807) is 18.3 Å². The molecule has 0 unspecified atom stereocenters. The molecule has 0 aliphatic rings. The molecule has 1 aromatic heterocycles. The maximum absolute atomic E-state index is 12.1. The summed E-state index contributed by atoms with van der Waals surface area (Å²) in [6.45, 7) is 5.57. The van der Waals surface area contributed by atoms with Crippen molar-refractivity contribution in [3.8, 4) is 0 Å². The van der Waals surface area contributed by atoms with Crippen molar-refractivity contribution >= 4 is 28.7 Å². The standard InChI is InChI=1S/C16H20N2O4/c1-16(2,3)22-15(20)18-8-7-11-9-12(5-6-13(11)18)17-10-14(19)21-4/h5-9,17H,10H2,1-4H3. The van der Waals surface area contributed by atoms with E-state index in [4.69, 9.17) is 4.74 Å². The van der Waals surface area contributed by atoms with Crippen LogP contribution in [-0.2, 0) is 14.3 Å². The van der Waals surface area contributed by atoms with Gasteiger partial charge in [0.2, 0.25) is 0 Å². The van der Waals surface area contributed by atoms with E-state index < -0.39 is 11.7 Å². The Balaban J connectivity index is 2.19. The van der Waals surface area contributed by atoms with Crippen LogP contribution in [0.2, 0.25) is 0 Å². The molecule has 0 aliphatic heterocycles. The van der Waals surface area contributed by atoms with Crippen LogP contribution < -0.4 is 5.32 Å². The third-order valence-electron chi connectivity index (χ3n) is 2.94. The molecule has 22 heavy (non-hydrogen) atoms. The first kappa shape index (κ1) is 15.9. The van der Waals surface area contributed by atoms with E-state index in [1.165, 1.54) is 11.7 Å². The molecule has 118 valence electrons. The molecule has 6 nitrogen and oxygen atoms in total. The highest BCUT2D eigenvalue weighted by Gasteiger charge is 2.18. The Hall–Kier alpha value is -2.50. The number of nitrogens with one attached hydrogen (secondary N) is 1. The van der Waals surface area contributed by atoms with Crippen LogP contribution in [-0.4, -0.2) is 35.9 Å². The molecule has 0 saturated carbocycles. The van der Waals surface area contributed by atoms with Gasteiger partial charge in [0.05, 0.1) is 12.6 Å². The maximum Gasteiger partial charge on any atom is 0.418 e. The number of methoxy groups -OCH3 is 1. The lowest BCUT2D eigenvalue weighted by atomic mass is 10.2. The number of anilines is 1. The number of hydrogen-bond acceptors (Lipinski definition) is 5. The fraction of sp³-hybridized carbons (Fsp3) is 0.375. The van der Waals surface area contributed by atoms with Gasteiger partial charge in [0, 0.05) is 17.3 Å². The van der Waals surface area contributed by atoms with E-state index in [9.17, 15) is 9.59 Å². The van der Waals surface area contributed by atoms with Crippen LogP contribution in [0.3, 0.4) is 0 Å². The second-order valence-electron chi connectivity index (χ2n) is 5.87. The Morgan fingerprint density at radius 2 is 1.95 bits per heavy atom. The van der Waals surface area contributed by atoms with E-state index in [0.717, 1.165) is 16.6 Å². The lowest BCUT2D eigenvalue weighted by molar-refractivity contribution is -0.138. The Labute approximate surface area is 129 Å². The van der Waals surface area contributed by atoms with Crippen LogP contribution in [0.25, 0.3) is 10.9 Å². The summed E-state index contributed by atoms with van der Waals surface area (Å²) in [5.41, 5.74) is 0.980. The van der Waals surface area contributed by atoms with Gasteiger partial charge in [-0.25, -0.2) is 4.79 Å². The zero-order valence-corrected chi connectivity index (χ0v) is 13.2. The smallest absolute Gasteiger partial charge is 0.418 e. The lowest BCUT2D eigenvalue weighted by Gasteiger charge is -2.19. The third-order valence-corrected chi connectivity index (χ3v) is 2.94. The summed E-state index contributed by atoms with van der Waals surface area (Å²) < 4.78 is 11.4. The Bertz CT molecular complexity index is 698. The predicted octanol–water partition coefficient (Wildman–Crippen LogP) is 3.01. The molecule has 0 bridgehead atoms. The molecule has 0 amide bonds. The van der Waals surface area contributed by atoms with Gasteiger partial charge >= 0.3 is 12.1 Å². The molecule has 1 N–H and O–H groups in total. The summed E-state index contributed by atoms with van der Waals surface area (Å²) in [5.74, 6) is -0.341. The van der Waals surface area contributed by atoms with Gasteiger partial charge in [-0.1, -0.05) is 0 Å². The minimum absolute atomic E-state index is 0.0920.